The van der Waals surface area contributed by atoms with Gasteiger partial charge in [-0.15, -0.1) is 0 Å². The van der Waals surface area contributed by atoms with Gasteiger partial charge in [-0.1, -0.05) is 41.4 Å². The summed E-state index contributed by atoms with van der Waals surface area (Å²) in [5.74, 6) is 0.0549. The average molecular weight is 499 g/mol. The van der Waals surface area contributed by atoms with Crippen LogP contribution in [0.3, 0.4) is 0 Å². The number of carbonyl (C=O) groups is 2. The normalized spacial score (nSPS) is 11.6. The zero-order valence-electron chi connectivity index (χ0n) is 18.2. The van der Waals surface area contributed by atoms with Crippen LogP contribution >= 0.6 is 23.2 Å². The van der Waals surface area contributed by atoms with Gasteiger partial charge in [-0.3, -0.25) is 9.59 Å². The van der Waals surface area contributed by atoms with Crippen LogP contribution in [0.15, 0.2) is 71.1 Å². The van der Waals surface area contributed by atoms with Gasteiger partial charge in [-0.2, -0.15) is 0 Å². The van der Waals surface area contributed by atoms with E-state index in [9.17, 15) is 9.59 Å². The number of benzene rings is 3. The Hall–Kier alpha value is -3.68. The molecule has 0 saturated carbocycles. The topological polar surface area (TPSA) is 89.8 Å². The van der Waals surface area contributed by atoms with Gasteiger partial charge in [0.2, 0.25) is 0 Å². The molecule has 7 nitrogen and oxygen atoms in total. The second kappa shape index (κ2) is 10.1. The second-order valence-corrected chi connectivity index (χ2v) is 8.19. The summed E-state index contributed by atoms with van der Waals surface area (Å²) in [4.78, 5) is 25.3. The molecule has 1 aromatic heterocycles. The molecule has 1 heterocycles. The van der Waals surface area contributed by atoms with Gasteiger partial charge in [0.05, 0.1) is 17.8 Å². The highest BCUT2D eigenvalue weighted by molar-refractivity contribution is 6.35. The van der Waals surface area contributed by atoms with Crippen LogP contribution in [0, 0.1) is 0 Å². The van der Waals surface area contributed by atoms with Crippen LogP contribution in [-0.4, -0.2) is 25.0 Å². The molecule has 0 aliphatic rings. The van der Waals surface area contributed by atoms with Crippen LogP contribution in [0.25, 0.3) is 11.0 Å². The van der Waals surface area contributed by atoms with Crippen LogP contribution in [0.2, 0.25) is 10.0 Å². The number of halogens is 2. The fraction of sp³-hybridized carbons (Fsp3) is 0.120. The number of furan rings is 1. The maximum absolute atomic E-state index is 12.7. The third-order valence-corrected chi connectivity index (χ3v) is 5.46. The summed E-state index contributed by atoms with van der Waals surface area (Å²) in [7, 11) is 1.46. The number of rotatable bonds is 7. The molecule has 0 aliphatic heterocycles. The lowest BCUT2D eigenvalue weighted by Crippen LogP contribution is -2.30. The number of hydrogen-bond donors (Lipinski definition) is 2. The Bertz CT molecular complexity index is 1340. The Balaban J connectivity index is 1.43. The largest absolute Gasteiger partial charge is 0.494 e. The molecule has 0 saturated heterocycles. The molecule has 0 spiro atoms. The minimum Gasteiger partial charge on any atom is -0.494 e. The summed E-state index contributed by atoms with van der Waals surface area (Å²) in [6, 6.07) is 18.6. The van der Waals surface area contributed by atoms with Crippen LogP contribution in [0.4, 0.5) is 11.4 Å². The molecule has 1 unspecified atom stereocenters. The molecule has 1 atom stereocenters. The van der Waals surface area contributed by atoms with E-state index in [0.29, 0.717) is 38.5 Å². The SMILES string of the molecule is COc1cc(NC(=O)C(C)Oc2ccc(Cl)cc2Cl)ccc1NC(=O)c1cc2ccccc2o1. The molecule has 0 aliphatic carbocycles. The standard InChI is InChI=1S/C25H20Cl2N2O5/c1-14(33-21-10-7-16(26)12-18(21)27)24(30)28-17-8-9-19(22(13-17)32-2)29-25(31)23-11-15-5-3-4-6-20(15)34-23/h3-14H,1-2H3,(H,28,30)(H,29,31). The fourth-order valence-electron chi connectivity index (χ4n) is 3.21. The predicted octanol–water partition coefficient (Wildman–Crippen LogP) is 6.41. The lowest BCUT2D eigenvalue weighted by Gasteiger charge is -2.17. The van der Waals surface area contributed by atoms with E-state index in [1.54, 1.807) is 49.4 Å². The molecule has 174 valence electrons. The van der Waals surface area contributed by atoms with Crippen molar-refractivity contribution < 1.29 is 23.5 Å². The van der Waals surface area contributed by atoms with E-state index in [1.807, 2.05) is 18.2 Å². The van der Waals surface area contributed by atoms with E-state index in [4.69, 9.17) is 37.1 Å². The van der Waals surface area contributed by atoms with E-state index in [0.717, 1.165) is 5.39 Å². The molecule has 9 heteroatoms. The van der Waals surface area contributed by atoms with Gasteiger partial charge in [0.1, 0.15) is 17.1 Å². The Kier molecular flexibility index (Phi) is 6.95. The molecule has 0 radical (unpaired) electrons. The molecule has 0 fully saturated rings. The Morgan fingerprint density at radius 3 is 2.47 bits per heavy atom. The molecule has 0 bridgehead atoms. The van der Waals surface area contributed by atoms with E-state index in [-0.39, 0.29) is 5.76 Å². The fourth-order valence-corrected chi connectivity index (χ4v) is 3.66. The molecule has 2 N–H and O–H groups in total. The van der Waals surface area contributed by atoms with E-state index in [2.05, 4.69) is 10.6 Å². The Labute approximate surface area is 205 Å². The smallest absolute Gasteiger partial charge is 0.291 e. The maximum Gasteiger partial charge on any atom is 0.291 e. The monoisotopic (exact) mass is 498 g/mol. The van der Waals surface area contributed by atoms with Crippen molar-refractivity contribution in [2.45, 2.75) is 13.0 Å². The van der Waals surface area contributed by atoms with Crippen LogP contribution in [-0.2, 0) is 4.79 Å². The predicted molar refractivity (Wildman–Crippen MR) is 132 cm³/mol. The zero-order chi connectivity index (χ0) is 24.2. The molecule has 34 heavy (non-hydrogen) atoms. The number of methoxy groups -OCH3 is 1. The van der Waals surface area contributed by atoms with Crippen molar-refractivity contribution in [3.8, 4) is 11.5 Å². The number of ether oxygens (including phenoxy) is 2. The van der Waals surface area contributed by atoms with E-state index >= 15 is 0 Å². The maximum atomic E-state index is 12.7. The summed E-state index contributed by atoms with van der Waals surface area (Å²) in [5, 5.41) is 7.12. The molecular weight excluding hydrogens is 479 g/mol. The molecule has 3 aromatic carbocycles. The first kappa shape index (κ1) is 23.5. The quantitative estimate of drug-likeness (QED) is 0.307. The lowest BCUT2D eigenvalue weighted by atomic mass is 10.2. The van der Waals surface area contributed by atoms with Crippen molar-refractivity contribution >= 4 is 57.4 Å². The van der Waals surface area contributed by atoms with Gasteiger partial charge in [0.15, 0.2) is 11.9 Å². The molecule has 4 rings (SSSR count). The van der Waals surface area contributed by atoms with Crippen molar-refractivity contribution in [3.63, 3.8) is 0 Å². The van der Waals surface area contributed by atoms with Crippen molar-refractivity contribution in [2.24, 2.45) is 0 Å². The summed E-state index contributed by atoms with van der Waals surface area (Å²) < 4.78 is 16.6. The first-order chi connectivity index (χ1) is 16.3. The number of hydrogen-bond acceptors (Lipinski definition) is 5. The van der Waals surface area contributed by atoms with Gasteiger partial charge in [-0.25, -0.2) is 0 Å². The van der Waals surface area contributed by atoms with E-state index in [1.165, 1.54) is 13.2 Å². The van der Waals surface area contributed by atoms with Gasteiger partial charge >= 0.3 is 0 Å². The number of anilines is 2. The minimum atomic E-state index is -0.836. The first-order valence-corrected chi connectivity index (χ1v) is 11.0. The van der Waals surface area contributed by atoms with E-state index < -0.39 is 17.9 Å². The number of fused-ring (bicyclic) bond motifs is 1. The lowest BCUT2D eigenvalue weighted by molar-refractivity contribution is -0.122. The Morgan fingerprint density at radius 1 is 0.941 bits per heavy atom. The van der Waals surface area contributed by atoms with Crippen molar-refractivity contribution in [1.82, 2.24) is 0 Å². The second-order valence-electron chi connectivity index (χ2n) is 7.34. The van der Waals surface area contributed by atoms with Gasteiger partial charge < -0.3 is 24.5 Å². The Morgan fingerprint density at radius 2 is 1.74 bits per heavy atom. The summed E-state index contributed by atoms with van der Waals surface area (Å²) >= 11 is 12.0. The number of carbonyl (C=O) groups excluding carboxylic acids is 2. The van der Waals surface area contributed by atoms with Gasteiger partial charge in [-0.05, 0) is 49.4 Å². The minimum absolute atomic E-state index is 0.174. The average Bonchev–Trinajstić information content (AvgIpc) is 3.26. The third kappa shape index (κ3) is 5.27. The molecule has 2 amide bonds. The van der Waals surface area contributed by atoms with Gasteiger partial charge in [0.25, 0.3) is 11.8 Å². The highest BCUT2D eigenvalue weighted by Gasteiger charge is 2.19. The van der Waals surface area contributed by atoms with Crippen LogP contribution < -0.4 is 20.1 Å². The highest BCUT2D eigenvalue weighted by atomic mass is 35.5. The summed E-state index contributed by atoms with van der Waals surface area (Å²) in [6.07, 6.45) is -0.836. The summed E-state index contributed by atoms with van der Waals surface area (Å²) in [5.41, 5.74) is 1.50. The van der Waals surface area contributed by atoms with Crippen LogP contribution in [0.1, 0.15) is 17.5 Å². The van der Waals surface area contributed by atoms with Crippen molar-refractivity contribution in [3.05, 3.63) is 82.5 Å². The van der Waals surface area contributed by atoms with Crippen molar-refractivity contribution in [2.75, 3.05) is 17.7 Å². The highest BCUT2D eigenvalue weighted by Crippen LogP contribution is 2.30. The first-order valence-electron chi connectivity index (χ1n) is 10.2. The third-order valence-electron chi connectivity index (χ3n) is 4.93. The number of amides is 2. The number of para-hydroxylation sites is 1. The molecule has 4 aromatic rings. The molecular formula is C25H20Cl2N2O5. The number of nitrogens with one attached hydrogen (secondary N) is 2. The van der Waals surface area contributed by atoms with Crippen molar-refractivity contribution in [1.29, 1.82) is 0 Å². The zero-order valence-corrected chi connectivity index (χ0v) is 19.7. The van der Waals surface area contributed by atoms with Gasteiger partial charge in [0, 0.05) is 22.2 Å². The summed E-state index contributed by atoms with van der Waals surface area (Å²) in [6.45, 7) is 1.60. The van der Waals surface area contributed by atoms with Crippen LogP contribution in [0.5, 0.6) is 11.5 Å².